The van der Waals surface area contributed by atoms with E-state index >= 15 is 0 Å². The second-order valence-corrected chi connectivity index (χ2v) is 5.61. The maximum absolute atomic E-state index is 3.99. The van der Waals surface area contributed by atoms with Gasteiger partial charge in [-0.05, 0) is 37.6 Å². The Balaban J connectivity index is 2.12. The van der Waals surface area contributed by atoms with E-state index in [9.17, 15) is 0 Å². The zero-order valence-corrected chi connectivity index (χ0v) is 13.7. The molecule has 3 aromatic rings. The summed E-state index contributed by atoms with van der Waals surface area (Å²) in [4.78, 5) is 0. The van der Waals surface area contributed by atoms with Crippen LogP contribution in [0.2, 0.25) is 0 Å². The first-order chi connectivity index (χ1) is 11.2. The molecule has 23 heavy (non-hydrogen) atoms. The molecule has 2 aromatic carbocycles. The molecule has 0 aliphatic heterocycles. The predicted molar refractivity (Wildman–Crippen MR) is 102 cm³/mol. The average Bonchev–Trinajstić information content (AvgIpc) is 2.89. The van der Waals surface area contributed by atoms with Crippen molar-refractivity contribution in [1.82, 2.24) is 4.57 Å². The van der Waals surface area contributed by atoms with E-state index in [1.165, 1.54) is 27.5 Å². The second kappa shape index (κ2) is 6.53. The molecule has 114 valence electrons. The maximum Gasteiger partial charge on any atom is 0.0537 e. The number of hydrogen-bond donors (Lipinski definition) is 0. The molecule has 3 rings (SSSR count). The van der Waals surface area contributed by atoms with Gasteiger partial charge < -0.3 is 4.57 Å². The van der Waals surface area contributed by atoms with Gasteiger partial charge >= 0.3 is 0 Å². The Kier molecular flexibility index (Phi) is 4.29. The number of para-hydroxylation sites is 2. The van der Waals surface area contributed by atoms with Crippen molar-refractivity contribution in [2.24, 2.45) is 0 Å². The summed E-state index contributed by atoms with van der Waals surface area (Å²) in [5, 5.41) is 2.58. The monoisotopic (exact) mass is 299 g/mol. The lowest BCUT2D eigenvalue weighted by Crippen LogP contribution is -1.92. The van der Waals surface area contributed by atoms with Gasteiger partial charge in [-0.25, -0.2) is 0 Å². The summed E-state index contributed by atoms with van der Waals surface area (Å²) in [6.45, 7) is 8.13. The highest BCUT2D eigenvalue weighted by Crippen LogP contribution is 2.31. The van der Waals surface area contributed by atoms with Crippen LogP contribution in [-0.2, 0) is 0 Å². The third kappa shape index (κ3) is 2.91. The first kappa shape index (κ1) is 15.1. The second-order valence-electron chi connectivity index (χ2n) is 5.61. The fourth-order valence-electron chi connectivity index (χ4n) is 2.96. The zero-order chi connectivity index (χ0) is 16.2. The molecular formula is C22H21N. The minimum Gasteiger partial charge on any atom is -0.313 e. The van der Waals surface area contributed by atoms with Crippen LogP contribution in [0.15, 0.2) is 91.1 Å². The molecule has 1 heterocycles. The van der Waals surface area contributed by atoms with Gasteiger partial charge in [-0.15, -0.1) is 0 Å². The van der Waals surface area contributed by atoms with E-state index in [2.05, 4.69) is 78.8 Å². The molecule has 0 fully saturated rings. The fourth-order valence-corrected chi connectivity index (χ4v) is 2.96. The quantitative estimate of drug-likeness (QED) is 0.495. The summed E-state index contributed by atoms with van der Waals surface area (Å²) in [5.74, 6) is 0. The van der Waals surface area contributed by atoms with Crippen molar-refractivity contribution in [3.05, 3.63) is 91.1 Å². The largest absolute Gasteiger partial charge is 0.313 e. The van der Waals surface area contributed by atoms with E-state index < -0.39 is 0 Å². The smallest absolute Gasteiger partial charge is 0.0537 e. The highest BCUT2D eigenvalue weighted by atomic mass is 15.0. The van der Waals surface area contributed by atoms with Crippen molar-refractivity contribution < 1.29 is 0 Å². The molecule has 0 saturated carbocycles. The van der Waals surface area contributed by atoms with Crippen LogP contribution in [0, 0.1) is 0 Å². The van der Waals surface area contributed by atoms with Crippen molar-refractivity contribution in [3.63, 3.8) is 0 Å². The molecule has 1 nitrogen and oxygen atoms in total. The topological polar surface area (TPSA) is 4.93 Å². The van der Waals surface area contributed by atoms with Gasteiger partial charge in [0.15, 0.2) is 0 Å². The molecule has 0 radical (unpaired) electrons. The minimum atomic E-state index is 0.999. The van der Waals surface area contributed by atoms with Crippen LogP contribution in [-0.4, -0.2) is 4.57 Å². The summed E-state index contributed by atoms with van der Waals surface area (Å²) in [5.41, 5.74) is 4.66. The summed E-state index contributed by atoms with van der Waals surface area (Å²) < 4.78 is 2.31. The Morgan fingerprint density at radius 2 is 1.48 bits per heavy atom. The summed E-state index contributed by atoms with van der Waals surface area (Å²) in [6, 6.07) is 17.1. The van der Waals surface area contributed by atoms with Gasteiger partial charge in [0, 0.05) is 16.5 Å². The van der Waals surface area contributed by atoms with Crippen LogP contribution in [0.1, 0.15) is 13.8 Å². The number of aromatic nitrogens is 1. The number of rotatable bonds is 4. The van der Waals surface area contributed by atoms with E-state index in [0.29, 0.717) is 0 Å². The molecule has 0 atom stereocenters. The van der Waals surface area contributed by atoms with Gasteiger partial charge in [0.2, 0.25) is 0 Å². The van der Waals surface area contributed by atoms with Crippen LogP contribution < -0.4 is 0 Å². The summed E-state index contributed by atoms with van der Waals surface area (Å²) >= 11 is 0. The molecule has 0 spiro atoms. The fraction of sp³-hybridized carbons (Fsp3) is 0.0909. The Hall–Kier alpha value is -2.80. The zero-order valence-electron chi connectivity index (χ0n) is 13.7. The normalized spacial score (nSPS) is 12.9. The number of nitrogens with zero attached hydrogens (tertiary/aromatic N) is 1. The number of hydrogen-bond acceptors (Lipinski definition) is 0. The number of benzene rings is 2. The molecule has 1 heteroatoms. The Morgan fingerprint density at radius 3 is 2.04 bits per heavy atom. The van der Waals surface area contributed by atoms with E-state index in [0.717, 1.165) is 5.57 Å². The van der Waals surface area contributed by atoms with Crippen LogP contribution in [0.5, 0.6) is 0 Å². The van der Waals surface area contributed by atoms with Gasteiger partial charge in [-0.3, -0.25) is 0 Å². The third-order valence-corrected chi connectivity index (χ3v) is 3.96. The lowest BCUT2D eigenvalue weighted by atomic mass is 10.2. The molecule has 0 saturated heterocycles. The van der Waals surface area contributed by atoms with E-state index in [4.69, 9.17) is 0 Å². The SMILES string of the molecule is C=C(C=CC)C=CC=C(C)n1c2ccccc2c2ccccc21. The van der Waals surface area contributed by atoms with Gasteiger partial charge in [-0.1, -0.05) is 67.3 Å². The average molecular weight is 299 g/mol. The van der Waals surface area contributed by atoms with Crippen LogP contribution in [0.25, 0.3) is 27.5 Å². The van der Waals surface area contributed by atoms with Crippen LogP contribution in [0.4, 0.5) is 0 Å². The van der Waals surface area contributed by atoms with Gasteiger partial charge in [-0.2, -0.15) is 0 Å². The van der Waals surface area contributed by atoms with Crippen LogP contribution >= 0.6 is 0 Å². The Morgan fingerprint density at radius 1 is 0.913 bits per heavy atom. The van der Waals surface area contributed by atoms with Crippen molar-refractivity contribution in [2.45, 2.75) is 13.8 Å². The van der Waals surface area contributed by atoms with Crippen molar-refractivity contribution in [1.29, 1.82) is 0 Å². The lowest BCUT2D eigenvalue weighted by Gasteiger charge is -2.07. The number of allylic oxidation sites excluding steroid dienone is 7. The summed E-state index contributed by atoms with van der Waals surface area (Å²) in [6.07, 6.45) is 10.2. The Bertz CT molecular complexity index is 895. The van der Waals surface area contributed by atoms with Gasteiger partial charge in [0.05, 0.1) is 11.0 Å². The lowest BCUT2D eigenvalue weighted by molar-refractivity contribution is 1.20. The third-order valence-electron chi connectivity index (χ3n) is 3.96. The Labute approximate surface area is 137 Å². The van der Waals surface area contributed by atoms with Crippen molar-refractivity contribution in [2.75, 3.05) is 0 Å². The predicted octanol–water partition coefficient (Wildman–Crippen LogP) is 6.34. The molecule has 0 aliphatic rings. The van der Waals surface area contributed by atoms with Crippen molar-refractivity contribution in [3.8, 4) is 0 Å². The first-order valence-electron chi connectivity index (χ1n) is 7.87. The molecule has 0 amide bonds. The van der Waals surface area contributed by atoms with Crippen LogP contribution in [0.3, 0.4) is 0 Å². The molecule has 0 unspecified atom stereocenters. The first-order valence-corrected chi connectivity index (χ1v) is 7.87. The number of fused-ring (bicyclic) bond motifs is 3. The maximum atomic E-state index is 3.99. The van der Waals surface area contributed by atoms with E-state index in [1.54, 1.807) is 0 Å². The van der Waals surface area contributed by atoms with E-state index in [-0.39, 0.29) is 0 Å². The molecule has 0 bridgehead atoms. The van der Waals surface area contributed by atoms with Gasteiger partial charge in [0.1, 0.15) is 0 Å². The van der Waals surface area contributed by atoms with Gasteiger partial charge in [0.25, 0.3) is 0 Å². The molecule has 0 aliphatic carbocycles. The van der Waals surface area contributed by atoms with Crippen molar-refractivity contribution >= 4 is 27.5 Å². The molecule has 0 N–H and O–H groups in total. The molecule has 1 aromatic heterocycles. The summed E-state index contributed by atoms with van der Waals surface area (Å²) in [7, 11) is 0. The highest BCUT2D eigenvalue weighted by Gasteiger charge is 2.09. The minimum absolute atomic E-state index is 0.999. The van der Waals surface area contributed by atoms with E-state index in [1.807, 2.05) is 25.2 Å². The highest BCUT2D eigenvalue weighted by molar-refractivity contribution is 6.09. The standard InChI is InChI=1S/C22H21N/c1-4-10-17(2)11-9-12-18(3)23-21-15-7-5-13-19(21)20-14-6-8-16-22(20)23/h4-16H,2H2,1,3H3. The molecular weight excluding hydrogens is 278 g/mol.